The van der Waals surface area contributed by atoms with Gasteiger partial charge < -0.3 is 4.90 Å². The number of aryl methyl sites for hydroxylation is 3. The first-order valence-corrected chi connectivity index (χ1v) is 12.5. The minimum atomic E-state index is -3.95. The number of likely N-dealkylation sites (N-methyl/N-ethyl adjacent to an activating group) is 1. The maximum atomic E-state index is 13.5. The third-order valence-corrected chi connectivity index (χ3v) is 8.11. The van der Waals surface area contributed by atoms with Gasteiger partial charge >= 0.3 is 0 Å². The lowest BCUT2D eigenvalue weighted by molar-refractivity contribution is -0.118. The van der Waals surface area contributed by atoms with Crippen molar-refractivity contribution in [2.45, 2.75) is 32.2 Å². The molecule has 5 nitrogen and oxygen atoms in total. The Hall–Kier alpha value is -2.38. The molecule has 33 heavy (non-hydrogen) atoms. The molecule has 0 aliphatic heterocycles. The number of anilines is 1. The molecule has 0 atom stereocenters. The van der Waals surface area contributed by atoms with Gasteiger partial charge in [-0.1, -0.05) is 53.0 Å². The standard InChI is InChI=1S/C25H26Cl2N2O3S/c1-17-5-10-22(11-6-17)33(31,32)29(15-20-8-12-23(26)24(27)14-20)16-25(30)28(4)21-9-7-18(2)19(3)13-21/h5-14H,15-16H2,1-4H3. The Morgan fingerprint density at radius 3 is 2.12 bits per heavy atom. The van der Waals surface area contributed by atoms with E-state index in [2.05, 4.69) is 0 Å². The topological polar surface area (TPSA) is 57.7 Å². The highest BCUT2D eigenvalue weighted by atomic mass is 35.5. The molecule has 0 spiro atoms. The van der Waals surface area contributed by atoms with Gasteiger partial charge in [-0.2, -0.15) is 4.31 Å². The van der Waals surface area contributed by atoms with E-state index in [4.69, 9.17) is 23.2 Å². The number of amides is 1. The first kappa shape index (κ1) is 25.2. The summed E-state index contributed by atoms with van der Waals surface area (Å²) < 4.78 is 28.1. The fourth-order valence-corrected chi connectivity index (χ4v) is 4.96. The van der Waals surface area contributed by atoms with Gasteiger partial charge in [0.2, 0.25) is 15.9 Å². The van der Waals surface area contributed by atoms with E-state index in [1.165, 1.54) is 4.90 Å². The molecule has 0 saturated carbocycles. The summed E-state index contributed by atoms with van der Waals surface area (Å²) in [5, 5.41) is 0.694. The average Bonchev–Trinajstić information content (AvgIpc) is 2.77. The van der Waals surface area contributed by atoms with Crippen molar-refractivity contribution in [3.63, 3.8) is 0 Å². The van der Waals surface area contributed by atoms with Crippen LogP contribution in [0.4, 0.5) is 5.69 Å². The number of nitrogens with zero attached hydrogens (tertiary/aromatic N) is 2. The van der Waals surface area contributed by atoms with Gasteiger partial charge in [-0.3, -0.25) is 4.79 Å². The molecule has 0 saturated heterocycles. The van der Waals surface area contributed by atoms with Gasteiger partial charge in [0.05, 0.1) is 21.5 Å². The largest absolute Gasteiger partial charge is 0.314 e. The van der Waals surface area contributed by atoms with Gasteiger partial charge in [0.1, 0.15) is 0 Å². The molecule has 0 heterocycles. The molecule has 3 aromatic rings. The van der Waals surface area contributed by atoms with Crippen molar-refractivity contribution in [1.82, 2.24) is 4.31 Å². The molecule has 3 rings (SSSR count). The number of sulfonamides is 1. The zero-order valence-electron chi connectivity index (χ0n) is 19.0. The van der Waals surface area contributed by atoms with Crippen LogP contribution in [0.5, 0.6) is 0 Å². The number of rotatable bonds is 7. The number of carbonyl (C=O) groups excluding carboxylic acids is 1. The molecule has 0 aromatic heterocycles. The highest BCUT2D eigenvalue weighted by Gasteiger charge is 2.28. The van der Waals surface area contributed by atoms with Crippen LogP contribution >= 0.6 is 23.2 Å². The maximum absolute atomic E-state index is 13.5. The van der Waals surface area contributed by atoms with Crippen molar-refractivity contribution in [2.24, 2.45) is 0 Å². The lowest BCUT2D eigenvalue weighted by Gasteiger charge is -2.25. The predicted octanol–water partition coefficient (Wildman–Crippen LogP) is 5.77. The minimum Gasteiger partial charge on any atom is -0.314 e. The molecule has 174 valence electrons. The highest BCUT2D eigenvalue weighted by molar-refractivity contribution is 7.89. The van der Waals surface area contributed by atoms with Gasteiger partial charge in [-0.05, 0) is 73.9 Å². The van der Waals surface area contributed by atoms with E-state index in [0.717, 1.165) is 21.0 Å². The Kier molecular flexibility index (Phi) is 7.85. The second-order valence-corrected chi connectivity index (χ2v) is 10.8. The molecule has 8 heteroatoms. The zero-order chi connectivity index (χ0) is 24.3. The molecule has 0 aliphatic carbocycles. The summed E-state index contributed by atoms with van der Waals surface area (Å²) in [6.07, 6.45) is 0. The average molecular weight is 505 g/mol. The van der Waals surface area contributed by atoms with E-state index in [-0.39, 0.29) is 23.9 Å². The minimum absolute atomic E-state index is 0.0282. The van der Waals surface area contributed by atoms with Crippen LogP contribution in [-0.4, -0.2) is 32.2 Å². The lowest BCUT2D eigenvalue weighted by atomic mass is 10.1. The number of hydrogen-bond donors (Lipinski definition) is 0. The summed E-state index contributed by atoms with van der Waals surface area (Å²) in [4.78, 5) is 14.8. The summed E-state index contributed by atoms with van der Waals surface area (Å²) in [5.41, 5.74) is 4.43. The van der Waals surface area contributed by atoms with E-state index in [1.54, 1.807) is 49.5 Å². The third-order valence-electron chi connectivity index (χ3n) is 5.57. The van der Waals surface area contributed by atoms with Crippen molar-refractivity contribution >= 4 is 44.8 Å². The van der Waals surface area contributed by atoms with Crippen LogP contribution in [0.2, 0.25) is 10.0 Å². The zero-order valence-corrected chi connectivity index (χ0v) is 21.3. The van der Waals surface area contributed by atoms with Crippen LogP contribution in [0.25, 0.3) is 0 Å². The normalized spacial score (nSPS) is 11.6. The van der Waals surface area contributed by atoms with Gasteiger partial charge in [-0.15, -0.1) is 0 Å². The maximum Gasteiger partial charge on any atom is 0.243 e. The predicted molar refractivity (Wildman–Crippen MR) is 135 cm³/mol. The molecule has 0 aliphatic rings. The summed E-state index contributed by atoms with van der Waals surface area (Å²) in [6.45, 7) is 5.48. The molecule has 3 aromatic carbocycles. The second kappa shape index (κ2) is 10.3. The fourth-order valence-electron chi connectivity index (χ4n) is 3.26. The van der Waals surface area contributed by atoms with Gasteiger partial charge in [0, 0.05) is 19.3 Å². The quantitative estimate of drug-likeness (QED) is 0.410. The summed E-state index contributed by atoms with van der Waals surface area (Å²) >= 11 is 12.1. The first-order chi connectivity index (χ1) is 15.5. The van der Waals surface area contributed by atoms with Crippen LogP contribution in [0, 0.1) is 20.8 Å². The second-order valence-electron chi connectivity index (χ2n) is 8.06. The number of halogens is 2. The third kappa shape index (κ3) is 5.95. The lowest BCUT2D eigenvalue weighted by Crippen LogP contribution is -2.41. The van der Waals surface area contributed by atoms with E-state index in [9.17, 15) is 13.2 Å². The first-order valence-electron chi connectivity index (χ1n) is 10.3. The molecule has 1 amide bonds. The Morgan fingerprint density at radius 2 is 1.52 bits per heavy atom. The molecular formula is C25H26Cl2N2O3S. The molecule has 0 bridgehead atoms. The van der Waals surface area contributed by atoms with E-state index >= 15 is 0 Å². The van der Waals surface area contributed by atoms with E-state index < -0.39 is 10.0 Å². The van der Waals surface area contributed by atoms with Crippen molar-refractivity contribution in [3.8, 4) is 0 Å². The van der Waals surface area contributed by atoms with Gasteiger partial charge in [-0.25, -0.2) is 8.42 Å². The smallest absolute Gasteiger partial charge is 0.243 e. The molecule has 0 fully saturated rings. The Balaban J connectivity index is 1.94. The highest BCUT2D eigenvalue weighted by Crippen LogP contribution is 2.26. The number of benzene rings is 3. The van der Waals surface area contributed by atoms with Crippen LogP contribution < -0.4 is 4.90 Å². The summed E-state index contributed by atoms with van der Waals surface area (Å²) in [5.74, 6) is -0.353. The fraction of sp³-hybridized carbons (Fsp3) is 0.240. The van der Waals surface area contributed by atoms with Crippen molar-refractivity contribution in [2.75, 3.05) is 18.5 Å². The molecule has 0 radical (unpaired) electrons. The Bertz CT molecular complexity index is 1280. The van der Waals surface area contributed by atoms with Crippen LogP contribution in [0.15, 0.2) is 65.6 Å². The Labute approximate surface area is 205 Å². The molecule has 0 unspecified atom stereocenters. The van der Waals surface area contributed by atoms with Crippen LogP contribution in [-0.2, 0) is 21.4 Å². The van der Waals surface area contributed by atoms with Crippen molar-refractivity contribution in [1.29, 1.82) is 0 Å². The Morgan fingerprint density at radius 1 is 0.848 bits per heavy atom. The molecular weight excluding hydrogens is 479 g/mol. The van der Waals surface area contributed by atoms with Crippen LogP contribution in [0.3, 0.4) is 0 Å². The monoisotopic (exact) mass is 504 g/mol. The van der Waals surface area contributed by atoms with Gasteiger partial charge in [0.25, 0.3) is 0 Å². The SMILES string of the molecule is Cc1ccc(S(=O)(=O)N(CC(=O)N(C)c2ccc(C)c(C)c2)Cc2ccc(Cl)c(Cl)c2)cc1. The van der Waals surface area contributed by atoms with E-state index in [1.807, 2.05) is 39.0 Å². The van der Waals surface area contributed by atoms with Crippen molar-refractivity contribution < 1.29 is 13.2 Å². The summed E-state index contributed by atoms with van der Waals surface area (Å²) in [7, 11) is -2.31. The number of hydrogen-bond acceptors (Lipinski definition) is 3. The molecule has 0 N–H and O–H groups in total. The van der Waals surface area contributed by atoms with Crippen molar-refractivity contribution in [3.05, 3.63) is 93.0 Å². The summed E-state index contributed by atoms with van der Waals surface area (Å²) in [6, 6.07) is 17.2. The van der Waals surface area contributed by atoms with E-state index in [0.29, 0.717) is 21.3 Å². The van der Waals surface area contributed by atoms with Crippen LogP contribution in [0.1, 0.15) is 22.3 Å². The van der Waals surface area contributed by atoms with Gasteiger partial charge in [0.15, 0.2) is 0 Å². The number of carbonyl (C=O) groups is 1.